The first-order valence-electron chi connectivity index (χ1n) is 6.37. The van der Waals surface area contributed by atoms with Crippen molar-refractivity contribution in [2.45, 2.75) is 25.5 Å². The fourth-order valence-electron chi connectivity index (χ4n) is 2.15. The molecule has 1 aromatic heterocycles. The van der Waals surface area contributed by atoms with Gasteiger partial charge in [0.1, 0.15) is 0 Å². The fraction of sp³-hybridized carbons (Fsp3) is 0.385. The van der Waals surface area contributed by atoms with Crippen LogP contribution in [0.5, 0.6) is 0 Å². The van der Waals surface area contributed by atoms with Crippen molar-refractivity contribution >= 4 is 10.0 Å². The molecule has 0 fully saturated rings. The van der Waals surface area contributed by atoms with Crippen molar-refractivity contribution in [3.8, 4) is 11.4 Å². The van der Waals surface area contributed by atoms with Crippen LogP contribution in [0.2, 0.25) is 0 Å². The van der Waals surface area contributed by atoms with E-state index in [4.69, 9.17) is 9.88 Å². The van der Waals surface area contributed by atoms with Crippen molar-refractivity contribution in [1.82, 2.24) is 14.8 Å². The van der Waals surface area contributed by atoms with Gasteiger partial charge in [0, 0.05) is 12.7 Å². The summed E-state index contributed by atoms with van der Waals surface area (Å²) in [6.07, 6.45) is 0. The number of hydrogen-bond acceptors (Lipinski definition) is 5. The second-order valence-corrected chi connectivity index (χ2v) is 6.27. The lowest BCUT2D eigenvalue weighted by atomic mass is 10.1. The molecule has 0 atom stereocenters. The first kappa shape index (κ1) is 15.6. The Labute approximate surface area is 123 Å². The summed E-state index contributed by atoms with van der Waals surface area (Å²) >= 11 is 0. The number of sulfonamides is 1. The summed E-state index contributed by atoms with van der Waals surface area (Å²) in [6.45, 7) is 4.56. The van der Waals surface area contributed by atoms with Gasteiger partial charge in [-0.05, 0) is 19.4 Å². The van der Waals surface area contributed by atoms with Crippen molar-refractivity contribution in [1.29, 1.82) is 0 Å². The summed E-state index contributed by atoms with van der Waals surface area (Å²) in [5.74, 6) is 0.466. The van der Waals surface area contributed by atoms with E-state index < -0.39 is 10.0 Å². The Morgan fingerprint density at radius 2 is 2.00 bits per heavy atom. The van der Waals surface area contributed by atoms with Crippen molar-refractivity contribution in [3.05, 3.63) is 29.3 Å². The van der Waals surface area contributed by atoms with Crippen LogP contribution in [0.1, 0.15) is 11.1 Å². The molecule has 0 aliphatic rings. The molecule has 0 spiro atoms. The third kappa shape index (κ3) is 3.29. The number of aryl methyl sites for hydroxylation is 2. The molecular formula is C13H18N4O3S. The van der Waals surface area contributed by atoms with E-state index in [0.29, 0.717) is 19.0 Å². The summed E-state index contributed by atoms with van der Waals surface area (Å²) in [4.78, 5) is 0. The number of benzene rings is 1. The molecule has 0 amide bonds. The zero-order valence-electron chi connectivity index (χ0n) is 12.2. The molecular weight excluding hydrogens is 292 g/mol. The van der Waals surface area contributed by atoms with Crippen LogP contribution in [-0.2, 0) is 21.3 Å². The second kappa shape index (κ2) is 5.92. The van der Waals surface area contributed by atoms with Gasteiger partial charge in [-0.15, -0.1) is 10.2 Å². The van der Waals surface area contributed by atoms with Gasteiger partial charge in [-0.1, -0.05) is 23.8 Å². The summed E-state index contributed by atoms with van der Waals surface area (Å²) in [6, 6.07) is 5.83. The smallest absolute Gasteiger partial charge is 0.273 e. The Hall–Kier alpha value is -1.77. The Kier molecular flexibility index (Phi) is 4.40. The molecule has 114 valence electrons. The van der Waals surface area contributed by atoms with E-state index in [9.17, 15) is 8.42 Å². The maximum Gasteiger partial charge on any atom is 0.273 e. The molecule has 2 N–H and O–H groups in total. The predicted octanol–water partition coefficient (Wildman–Crippen LogP) is 0.856. The average Bonchev–Trinajstić information content (AvgIpc) is 2.79. The normalized spacial score (nSPS) is 11.8. The summed E-state index contributed by atoms with van der Waals surface area (Å²) in [5, 5.41) is 12.7. The first-order chi connectivity index (χ1) is 9.84. The number of hydrogen-bond donors (Lipinski definition) is 1. The highest BCUT2D eigenvalue weighted by molar-refractivity contribution is 7.89. The van der Waals surface area contributed by atoms with Gasteiger partial charge in [0.15, 0.2) is 5.82 Å². The van der Waals surface area contributed by atoms with Gasteiger partial charge in [-0.2, -0.15) is 0 Å². The van der Waals surface area contributed by atoms with Crippen LogP contribution < -0.4 is 5.14 Å². The highest BCUT2D eigenvalue weighted by atomic mass is 32.2. The minimum absolute atomic E-state index is 0.255. The third-order valence-corrected chi connectivity index (χ3v) is 3.92. The van der Waals surface area contributed by atoms with E-state index in [-0.39, 0.29) is 5.16 Å². The number of nitrogens with zero attached hydrogens (tertiary/aromatic N) is 3. The van der Waals surface area contributed by atoms with Crippen LogP contribution in [0.15, 0.2) is 23.4 Å². The molecule has 0 radical (unpaired) electrons. The van der Waals surface area contributed by atoms with E-state index in [2.05, 4.69) is 10.2 Å². The van der Waals surface area contributed by atoms with E-state index >= 15 is 0 Å². The van der Waals surface area contributed by atoms with Crippen molar-refractivity contribution in [3.63, 3.8) is 0 Å². The zero-order valence-corrected chi connectivity index (χ0v) is 13.0. The number of aromatic nitrogens is 3. The molecule has 0 saturated carbocycles. The highest BCUT2D eigenvalue weighted by Gasteiger charge is 2.22. The number of ether oxygens (including phenoxy) is 1. The first-order valence-corrected chi connectivity index (χ1v) is 7.92. The monoisotopic (exact) mass is 310 g/mol. The number of methoxy groups -OCH3 is 1. The predicted molar refractivity (Wildman–Crippen MR) is 78.2 cm³/mol. The molecule has 1 heterocycles. The fourth-order valence-corrected chi connectivity index (χ4v) is 2.79. The molecule has 0 unspecified atom stereocenters. The lowest BCUT2D eigenvalue weighted by molar-refractivity contribution is 0.185. The summed E-state index contributed by atoms with van der Waals surface area (Å²) in [5.41, 5.74) is 2.92. The van der Waals surface area contributed by atoms with Crippen LogP contribution in [-0.4, -0.2) is 36.9 Å². The van der Waals surface area contributed by atoms with Crippen LogP contribution in [0, 0.1) is 13.8 Å². The van der Waals surface area contributed by atoms with E-state index in [0.717, 1.165) is 16.7 Å². The summed E-state index contributed by atoms with van der Waals surface area (Å²) in [7, 11) is -2.40. The lowest BCUT2D eigenvalue weighted by Gasteiger charge is -2.11. The van der Waals surface area contributed by atoms with Gasteiger partial charge in [0.2, 0.25) is 0 Å². The topological polar surface area (TPSA) is 100 Å². The maximum absolute atomic E-state index is 11.6. The molecule has 8 heteroatoms. The van der Waals surface area contributed by atoms with Crippen LogP contribution >= 0.6 is 0 Å². The number of primary sulfonamides is 1. The SMILES string of the molecule is COCCn1c(-c2ccc(C)cc2C)nnc1S(N)(=O)=O. The molecule has 2 aromatic rings. The molecule has 1 aromatic carbocycles. The standard InChI is InChI=1S/C13H18N4O3S/c1-9-4-5-11(10(2)8-9)12-15-16-13(21(14,18)19)17(12)6-7-20-3/h4-5,8H,6-7H2,1-3H3,(H2,14,18,19). The molecule has 0 bridgehead atoms. The Morgan fingerprint density at radius 3 is 2.57 bits per heavy atom. The lowest BCUT2D eigenvalue weighted by Crippen LogP contribution is -2.20. The van der Waals surface area contributed by atoms with E-state index in [1.165, 1.54) is 11.7 Å². The molecule has 7 nitrogen and oxygen atoms in total. The van der Waals surface area contributed by atoms with Crippen molar-refractivity contribution in [2.75, 3.05) is 13.7 Å². The minimum atomic E-state index is -3.94. The number of rotatable bonds is 5. The van der Waals surface area contributed by atoms with Gasteiger partial charge >= 0.3 is 0 Å². The average molecular weight is 310 g/mol. The second-order valence-electron chi connectivity index (χ2n) is 4.81. The van der Waals surface area contributed by atoms with Crippen LogP contribution in [0.4, 0.5) is 0 Å². The number of nitrogens with two attached hydrogens (primary N) is 1. The summed E-state index contributed by atoms with van der Waals surface area (Å²) < 4.78 is 29.7. The highest BCUT2D eigenvalue weighted by Crippen LogP contribution is 2.24. The maximum atomic E-state index is 11.6. The Bertz CT molecular complexity index is 753. The van der Waals surface area contributed by atoms with Gasteiger partial charge in [-0.25, -0.2) is 13.6 Å². The van der Waals surface area contributed by atoms with Gasteiger partial charge in [0.25, 0.3) is 15.2 Å². The van der Waals surface area contributed by atoms with Gasteiger partial charge in [0.05, 0.1) is 13.2 Å². The molecule has 0 aliphatic carbocycles. The molecule has 0 aliphatic heterocycles. The molecule has 21 heavy (non-hydrogen) atoms. The van der Waals surface area contributed by atoms with Crippen LogP contribution in [0.3, 0.4) is 0 Å². The quantitative estimate of drug-likeness (QED) is 0.882. The Morgan fingerprint density at radius 1 is 1.29 bits per heavy atom. The zero-order chi connectivity index (χ0) is 15.6. The van der Waals surface area contributed by atoms with Crippen LogP contribution in [0.25, 0.3) is 11.4 Å². The van der Waals surface area contributed by atoms with E-state index in [1.807, 2.05) is 32.0 Å². The third-order valence-electron chi connectivity index (χ3n) is 3.11. The van der Waals surface area contributed by atoms with Crippen molar-refractivity contribution in [2.24, 2.45) is 5.14 Å². The molecule has 2 rings (SSSR count). The minimum Gasteiger partial charge on any atom is -0.383 e. The van der Waals surface area contributed by atoms with Gasteiger partial charge < -0.3 is 4.74 Å². The largest absolute Gasteiger partial charge is 0.383 e. The van der Waals surface area contributed by atoms with Crippen molar-refractivity contribution < 1.29 is 13.2 Å². The Balaban J connectivity index is 2.60. The molecule has 0 saturated heterocycles. The van der Waals surface area contributed by atoms with Gasteiger partial charge in [-0.3, -0.25) is 4.57 Å². The van der Waals surface area contributed by atoms with E-state index in [1.54, 1.807) is 0 Å².